The third-order valence-corrected chi connectivity index (χ3v) is 3.00. The zero-order chi connectivity index (χ0) is 12.7. The lowest BCUT2D eigenvalue weighted by atomic mass is 10.1. The van der Waals surface area contributed by atoms with Gasteiger partial charge >= 0.3 is 6.03 Å². The minimum atomic E-state index is -0.440. The van der Waals surface area contributed by atoms with Crippen molar-refractivity contribution >= 4 is 24.3 Å². The number of likely N-dealkylation sites (tertiary alicyclic amines) is 1. The van der Waals surface area contributed by atoms with Gasteiger partial charge in [0.05, 0.1) is 0 Å². The van der Waals surface area contributed by atoms with Crippen molar-refractivity contribution in [3.8, 4) is 0 Å². The summed E-state index contributed by atoms with van der Waals surface area (Å²) < 4.78 is 0. The van der Waals surface area contributed by atoms with Crippen molar-refractivity contribution in [2.45, 2.75) is 12.8 Å². The van der Waals surface area contributed by atoms with Crippen molar-refractivity contribution in [2.75, 3.05) is 40.3 Å². The van der Waals surface area contributed by atoms with Gasteiger partial charge in [-0.2, -0.15) is 0 Å². The number of urea groups is 1. The molecular formula is C11H23ClN4O2. The van der Waals surface area contributed by atoms with Crippen LogP contribution in [0.3, 0.4) is 0 Å². The van der Waals surface area contributed by atoms with E-state index in [2.05, 4.69) is 20.9 Å². The normalized spacial score (nSPS) is 19.1. The first-order valence-electron chi connectivity index (χ1n) is 6.04. The summed E-state index contributed by atoms with van der Waals surface area (Å²) in [6.07, 6.45) is 1.55. The van der Waals surface area contributed by atoms with E-state index in [4.69, 9.17) is 0 Å². The molecule has 0 spiro atoms. The van der Waals surface area contributed by atoms with Gasteiger partial charge < -0.3 is 15.5 Å². The molecule has 1 atom stereocenters. The minimum absolute atomic E-state index is 0. The van der Waals surface area contributed by atoms with Crippen LogP contribution in [-0.2, 0) is 4.79 Å². The fourth-order valence-electron chi connectivity index (χ4n) is 2.08. The van der Waals surface area contributed by atoms with E-state index in [-0.39, 0.29) is 18.3 Å². The van der Waals surface area contributed by atoms with Crippen molar-refractivity contribution in [1.82, 2.24) is 20.9 Å². The maximum Gasteiger partial charge on any atom is 0.321 e. The molecule has 0 aromatic carbocycles. The van der Waals surface area contributed by atoms with Crippen LogP contribution in [0.1, 0.15) is 12.8 Å². The van der Waals surface area contributed by atoms with Crippen LogP contribution in [0, 0.1) is 5.92 Å². The molecule has 1 rings (SSSR count). The summed E-state index contributed by atoms with van der Waals surface area (Å²) in [5.41, 5.74) is 0. The molecule has 3 N–H and O–H groups in total. The first kappa shape index (κ1) is 17.2. The molecule has 0 bridgehead atoms. The van der Waals surface area contributed by atoms with Crippen molar-refractivity contribution in [2.24, 2.45) is 5.92 Å². The van der Waals surface area contributed by atoms with E-state index in [0.717, 1.165) is 26.2 Å². The molecule has 1 saturated heterocycles. The average molecular weight is 279 g/mol. The van der Waals surface area contributed by atoms with Crippen LogP contribution in [0.15, 0.2) is 0 Å². The zero-order valence-electron chi connectivity index (χ0n) is 11.0. The molecule has 106 valence electrons. The van der Waals surface area contributed by atoms with Crippen molar-refractivity contribution in [3.05, 3.63) is 0 Å². The molecule has 0 aromatic rings. The number of nitrogens with zero attached hydrogens (tertiary/aromatic N) is 1. The summed E-state index contributed by atoms with van der Waals surface area (Å²) in [7, 11) is 3.45. The first-order valence-corrected chi connectivity index (χ1v) is 6.04. The number of hydrogen-bond donors (Lipinski definition) is 3. The fraction of sp³-hybridized carbons (Fsp3) is 0.818. The highest BCUT2D eigenvalue weighted by atomic mass is 35.5. The summed E-state index contributed by atoms with van der Waals surface area (Å²) in [5.74, 6) is 0.461. The Morgan fingerprint density at radius 2 is 2.06 bits per heavy atom. The molecule has 1 aliphatic rings. The van der Waals surface area contributed by atoms with E-state index in [1.165, 1.54) is 13.5 Å². The van der Waals surface area contributed by atoms with Crippen LogP contribution < -0.4 is 16.0 Å². The molecule has 0 saturated carbocycles. The van der Waals surface area contributed by atoms with Gasteiger partial charge in [0.2, 0.25) is 5.91 Å². The Labute approximate surface area is 114 Å². The van der Waals surface area contributed by atoms with Crippen LogP contribution in [0.5, 0.6) is 0 Å². The second kappa shape index (κ2) is 9.13. The van der Waals surface area contributed by atoms with E-state index in [0.29, 0.717) is 12.3 Å². The van der Waals surface area contributed by atoms with Gasteiger partial charge in [-0.25, -0.2) is 4.79 Å². The quantitative estimate of drug-likeness (QED) is 0.651. The van der Waals surface area contributed by atoms with Crippen molar-refractivity contribution < 1.29 is 9.59 Å². The summed E-state index contributed by atoms with van der Waals surface area (Å²) in [6, 6.07) is -0.440. The van der Waals surface area contributed by atoms with Gasteiger partial charge in [-0.05, 0) is 32.5 Å². The Morgan fingerprint density at radius 1 is 1.33 bits per heavy atom. The van der Waals surface area contributed by atoms with Gasteiger partial charge in [0.15, 0.2) is 0 Å². The molecule has 1 aliphatic heterocycles. The van der Waals surface area contributed by atoms with Crippen LogP contribution in [-0.4, -0.2) is 57.1 Å². The molecule has 1 heterocycles. The van der Waals surface area contributed by atoms with Gasteiger partial charge in [0.1, 0.15) is 0 Å². The van der Waals surface area contributed by atoms with Crippen LogP contribution in [0.25, 0.3) is 0 Å². The highest BCUT2D eigenvalue weighted by Gasteiger charge is 2.21. The number of hydrogen-bond acceptors (Lipinski definition) is 4. The van der Waals surface area contributed by atoms with Crippen LogP contribution >= 0.6 is 12.4 Å². The standard InChI is InChI=1S/C11H22N4O2.ClH/c1-12-7-9-3-5-15(8-9)6-4-10(16)14-11(17)13-2;/h9,12H,3-8H2,1-2H3,(H2,13,14,16,17);1H. The Bertz CT molecular complexity index is 276. The predicted octanol–water partition coefficient (Wildman–Crippen LogP) is -0.205. The second-order valence-corrected chi connectivity index (χ2v) is 4.39. The number of carbonyl (C=O) groups excluding carboxylic acids is 2. The minimum Gasteiger partial charge on any atom is -0.341 e. The summed E-state index contributed by atoms with van der Waals surface area (Å²) in [4.78, 5) is 24.5. The topological polar surface area (TPSA) is 73.5 Å². The summed E-state index contributed by atoms with van der Waals surface area (Å²) in [6.45, 7) is 3.83. The number of amides is 3. The van der Waals surface area contributed by atoms with E-state index < -0.39 is 6.03 Å². The molecule has 18 heavy (non-hydrogen) atoms. The third-order valence-electron chi connectivity index (χ3n) is 3.00. The highest BCUT2D eigenvalue weighted by molar-refractivity contribution is 5.94. The second-order valence-electron chi connectivity index (χ2n) is 4.39. The molecule has 3 amide bonds. The lowest BCUT2D eigenvalue weighted by molar-refractivity contribution is -0.120. The van der Waals surface area contributed by atoms with E-state index in [1.54, 1.807) is 0 Å². The number of rotatable bonds is 5. The number of carbonyl (C=O) groups is 2. The Hall–Kier alpha value is -0.850. The molecule has 7 heteroatoms. The SMILES string of the molecule is CNCC1CCN(CCC(=O)NC(=O)NC)C1.Cl. The van der Waals surface area contributed by atoms with Gasteiger partial charge in [0, 0.05) is 26.6 Å². The lowest BCUT2D eigenvalue weighted by Gasteiger charge is -2.15. The maximum absolute atomic E-state index is 11.4. The number of halogens is 1. The molecule has 0 aliphatic carbocycles. The van der Waals surface area contributed by atoms with E-state index in [1.807, 2.05) is 7.05 Å². The van der Waals surface area contributed by atoms with Gasteiger partial charge in [-0.15, -0.1) is 12.4 Å². The van der Waals surface area contributed by atoms with E-state index in [9.17, 15) is 9.59 Å². The lowest BCUT2D eigenvalue weighted by Crippen LogP contribution is -2.39. The molecule has 6 nitrogen and oxygen atoms in total. The fourth-order valence-corrected chi connectivity index (χ4v) is 2.08. The van der Waals surface area contributed by atoms with E-state index >= 15 is 0 Å². The molecule has 1 fully saturated rings. The van der Waals surface area contributed by atoms with Gasteiger partial charge in [-0.3, -0.25) is 10.1 Å². The smallest absolute Gasteiger partial charge is 0.321 e. The Kier molecular flexibility index (Phi) is 8.70. The first-order chi connectivity index (χ1) is 8.15. The summed E-state index contributed by atoms with van der Waals surface area (Å²) >= 11 is 0. The highest BCUT2D eigenvalue weighted by Crippen LogP contribution is 2.15. The predicted molar refractivity (Wildman–Crippen MR) is 72.9 cm³/mol. The van der Waals surface area contributed by atoms with Crippen molar-refractivity contribution in [3.63, 3.8) is 0 Å². The van der Waals surface area contributed by atoms with Crippen LogP contribution in [0.2, 0.25) is 0 Å². The molecule has 0 aromatic heterocycles. The monoisotopic (exact) mass is 278 g/mol. The molecule has 0 radical (unpaired) electrons. The zero-order valence-corrected chi connectivity index (χ0v) is 11.8. The van der Waals surface area contributed by atoms with Gasteiger partial charge in [-0.1, -0.05) is 0 Å². The van der Waals surface area contributed by atoms with Crippen molar-refractivity contribution in [1.29, 1.82) is 0 Å². The maximum atomic E-state index is 11.4. The summed E-state index contributed by atoms with van der Waals surface area (Å²) in [5, 5.41) is 7.79. The third kappa shape index (κ3) is 6.18. The number of imide groups is 1. The van der Waals surface area contributed by atoms with Gasteiger partial charge in [0.25, 0.3) is 0 Å². The van der Waals surface area contributed by atoms with Crippen LogP contribution in [0.4, 0.5) is 4.79 Å². The Balaban J connectivity index is 0.00000289. The Morgan fingerprint density at radius 3 is 2.67 bits per heavy atom. The average Bonchev–Trinajstić information content (AvgIpc) is 2.74. The number of nitrogens with one attached hydrogen (secondary N) is 3. The molecule has 1 unspecified atom stereocenters. The molecular weight excluding hydrogens is 256 g/mol. The largest absolute Gasteiger partial charge is 0.341 e.